The van der Waals surface area contributed by atoms with E-state index in [2.05, 4.69) is 40.8 Å². The van der Waals surface area contributed by atoms with Gasteiger partial charge in [0.25, 0.3) is 0 Å². The van der Waals surface area contributed by atoms with E-state index in [1.54, 1.807) is 18.7 Å². The Bertz CT molecular complexity index is 546. The predicted molar refractivity (Wildman–Crippen MR) is 68.0 cm³/mol. The zero-order chi connectivity index (χ0) is 12.8. The molecular weight excluding hydrogens is 226 g/mol. The van der Waals surface area contributed by atoms with Crippen LogP contribution in [0.2, 0.25) is 0 Å². The Morgan fingerprint density at radius 3 is 2.33 bits per heavy atom. The molecule has 2 aromatic rings. The van der Waals surface area contributed by atoms with E-state index in [9.17, 15) is 0 Å². The monoisotopic (exact) mass is 243 g/mol. The summed E-state index contributed by atoms with van der Waals surface area (Å²) in [6.45, 7) is 6.30. The third-order valence-corrected chi connectivity index (χ3v) is 3.01. The van der Waals surface area contributed by atoms with Crippen molar-refractivity contribution in [2.45, 2.75) is 45.1 Å². The highest BCUT2D eigenvalue weighted by molar-refractivity contribution is 5.50. The van der Waals surface area contributed by atoms with Crippen LogP contribution >= 0.6 is 0 Å². The molecular formula is C13H17N5. The molecule has 94 valence electrons. The molecule has 0 aliphatic heterocycles. The molecule has 1 saturated carbocycles. The summed E-state index contributed by atoms with van der Waals surface area (Å²) in [4.78, 5) is 13.1. The summed E-state index contributed by atoms with van der Waals surface area (Å²) in [6.07, 6.45) is 7.83. The summed E-state index contributed by atoms with van der Waals surface area (Å²) in [7, 11) is 0. The van der Waals surface area contributed by atoms with Gasteiger partial charge in [-0.25, -0.2) is 19.6 Å². The summed E-state index contributed by atoms with van der Waals surface area (Å²) < 4.78 is 1.94. The molecule has 0 aromatic carbocycles. The van der Waals surface area contributed by atoms with Gasteiger partial charge >= 0.3 is 0 Å². The smallest absolute Gasteiger partial charge is 0.184 e. The number of hydrogen-bond acceptors (Lipinski definition) is 4. The molecule has 0 radical (unpaired) electrons. The molecule has 2 aromatic heterocycles. The number of rotatable bonds is 2. The lowest BCUT2D eigenvalue weighted by molar-refractivity contribution is 0.545. The molecule has 0 bridgehead atoms. The van der Waals surface area contributed by atoms with Crippen molar-refractivity contribution in [3.05, 3.63) is 24.5 Å². The van der Waals surface area contributed by atoms with E-state index < -0.39 is 0 Å². The van der Waals surface area contributed by atoms with Crippen LogP contribution in [-0.2, 0) is 5.41 Å². The fourth-order valence-corrected chi connectivity index (χ4v) is 1.75. The third-order valence-electron chi connectivity index (χ3n) is 3.01. The minimum Gasteiger partial charge on any atom is -0.249 e. The van der Waals surface area contributed by atoms with Crippen molar-refractivity contribution in [1.82, 2.24) is 24.7 Å². The lowest BCUT2D eigenvalue weighted by atomic mass is 9.96. The normalized spacial score (nSPS) is 15.9. The highest BCUT2D eigenvalue weighted by Gasteiger charge is 2.25. The summed E-state index contributed by atoms with van der Waals surface area (Å²) >= 11 is 0. The SMILES string of the molecule is CC(C)(C)c1ncc(-c2ncn(C3CC3)n2)cn1. The average Bonchev–Trinajstić information content (AvgIpc) is 3.06. The van der Waals surface area contributed by atoms with Gasteiger partial charge in [-0.1, -0.05) is 20.8 Å². The lowest BCUT2D eigenvalue weighted by Crippen LogP contribution is -2.15. The topological polar surface area (TPSA) is 56.5 Å². The Morgan fingerprint density at radius 2 is 1.78 bits per heavy atom. The van der Waals surface area contributed by atoms with Gasteiger partial charge in [0.15, 0.2) is 5.82 Å². The average molecular weight is 243 g/mol. The maximum Gasteiger partial charge on any atom is 0.184 e. The fourth-order valence-electron chi connectivity index (χ4n) is 1.75. The van der Waals surface area contributed by atoms with Crippen LogP contribution in [-0.4, -0.2) is 24.7 Å². The Balaban J connectivity index is 1.87. The largest absolute Gasteiger partial charge is 0.249 e. The fraction of sp³-hybridized carbons (Fsp3) is 0.538. The van der Waals surface area contributed by atoms with Crippen LogP contribution < -0.4 is 0 Å². The minimum atomic E-state index is -0.0284. The molecule has 5 heteroatoms. The van der Waals surface area contributed by atoms with Gasteiger partial charge in [-0.3, -0.25) is 0 Å². The van der Waals surface area contributed by atoms with Crippen molar-refractivity contribution in [3.63, 3.8) is 0 Å². The maximum absolute atomic E-state index is 4.46. The third kappa shape index (κ3) is 2.12. The molecule has 0 unspecified atom stereocenters. The maximum atomic E-state index is 4.46. The molecule has 0 N–H and O–H groups in total. The Hall–Kier alpha value is -1.78. The minimum absolute atomic E-state index is 0.0284. The van der Waals surface area contributed by atoms with Crippen LogP contribution in [0.4, 0.5) is 0 Å². The molecule has 0 saturated heterocycles. The second kappa shape index (κ2) is 3.86. The molecule has 0 spiro atoms. The van der Waals surface area contributed by atoms with Crippen molar-refractivity contribution in [3.8, 4) is 11.4 Å². The highest BCUT2D eigenvalue weighted by atomic mass is 15.4. The van der Waals surface area contributed by atoms with E-state index >= 15 is 0 Å². The highest BCUT2D eigenvalue weighted by Crippen LogP contribution is 2.34. The zero-order valence-electron chi connectivity index (χ0n) is 11.0. The van der Waals surface area contributed by atoms with Crippen molar-refractivity contribution >= 4 is 0 Å². The summed E-state index contributed by atoms with van der Waals surface area (Å²) in [6, 6.07) is 0.556. The second-order valence-electron chi connectivity index (χ2n) is 5.82. The first-order valence-electron chi connectivity index (χ1n) is 6.28. The molecule has 0 amide bonds. The van der Waals surface area contributed by atoms with Crippen molar-refractivity contribution in [1.29, 1.82) is 0 Å². The van der Waals surface area contributed by atoms with Gasteiger partial charge in [0, 0.05) is 17.8 Å². The first-order chi connectivity index (χ1) is 8.54. The molecule has 18 heavy (non-hydrogen) atoms. The van der Waals surface area contributed by atoms with Crippen molar-refractivity contribution < 1.29 is 0 Å². The van der Waals surface area contributed by atoms with Crippen molar-refractivity contribution in [2.75, 3.05) is 0 Å². The summed E-state index contributed by atoms with van der Waals surface area (Å²) in [5.41, 5.74) is 0.849. The van der Waals surface area contributed by atoms with Crippen molar-refractivity contribution in [2.24, 2.45) is 0 Å². The zero-order valence-corrected chi connectivity index (χ0v) is 11.0. The first kappa shape index (κ1) is 11.3. The van der Waals surface area contributed by atoms with E-state index in [1.165, 1.54) is 12.8 Å². The predicted octanol–water partition coefficient (Wildman–Crippen LogP) is 2.37. The number of aromatic nitrogens is 5. The molecule has 0 atom stereocenters. The van der Waals surface area contributed by atoms with Gasteiger partial charge in [-0.15, -0.1) is 0 Å². The van der Waals surface area contributed by atoms with Gasteiger partial charge < -0.3 is 0 Å². The van der Waals surface area contributed by atoms with Gasteiger partial charge in [0.1, 0.15) is 12.2 Å². The standard InChI is InChI=1S/C13H17N5/c1-13(2,3)12-14-6-9(7-15-12)11-16-8-18(17-11)10-4-5-10/h6-8,10H,4-5H2,1-3H3. The van der Waals surface area contributed by atoms with Gasteiger partial charge in [0.2, 0.25) is 0 Å². The van der Waals surface area contributed by atoms with Gasteiger partial charge in [0.05, 0.1) is 11.6 Å². The Labute approximate surface area is 106 Å². The first-order valence-corrected chi connectivity index (χ1v) is 6.28. The van der Waals surface area contributed by atoms with Crippen LogP contribution in [0.1, 0.15) is 45.5 Å². The lowest BCUT2D eigenvalue weighted by Gasteiger charge is -2.15. The molecule has 1 fully saturated rings. The summed E-state index contributed by atoms with van der Waals surface area (Å²) in [5, 5.41) is 4.46. The van der Waals surface area contributed by atoms with Gasteiger partial charge in [-0.05, 0) is 12.8 Å². The van der Waals surface area contributed by atoms with E-state index in [0.29, 0.717) is 11.9 Å². The van der Waals surface area contributed by atoms with E-state index in [4.69, 9.17) is 0 Å². The molecule has 2 heterocycles. The summed E-state index contributed by atoms with van der Waals surface area (Å²) in [5.74, 6) is 1.55. The molecule has 1 aliphatic rings. The van der Waals surface area contributed by atoms with Crippen LogP contribution in [0.15, 0.2) is 18.7 Å². The molecule has 5 nitrogen and oxygen atoms in total. The van der Waals surface area contributed by atoms with E-state index in [1.807, 2.05) is 4.68 Å². The molecule has 1 aliphatic carbocycles. The second-order valence-corrected chi connectivity index (χ2v) is 5.82. The van der Waals surface area contributed by atoms with E-state index in [-0.39, 0.29) is 5.41 Å². The van der Waals surface area contributed by atoms with Gasteiger partial charge in [-0.2, -0.15) is 5.10 Å². The molecule has 3 rings (SSSR count). The number of nitrogens with zero attached hydrogens (tertiary/aromatic N) is 5. The quantitative estimate of drug-likeness (QED) is 0.812. The number of hydrogen-bond donors (Lipinski definition) is 0. The van der Waals surface area contributed by atoms with Crippen LogP contribution in [0, 0.1) is 0 Å². The van der Waals surface area contributed by atoms with Crippen LogP contribution in [0.3, 0.4) is 0 Å². The van der Waals surface area contributed by atoms with Crippen LogP contribution in [0.5, 0.6) is 0 Å². The Kier molecular flexibility index (Phi) is 2.43. The van der Waals surface area contributed by atoms with E-state index in [0.717, 1.165) is 11.4 Å². The Morgan fingerprint density at radius 1 is 1.11 bits per heavy atom. The van der Waals surface area contributed by atoms with Crippen LogP contribution in [0.25, 0.3) is 11.4 Å².